The highest BCUT2D eigenvalue weighted by molar-refractivity contribution is 6.11. The van der Waals surface area contributed by atoms with E-state index in [4.69, 9.17) is 18.9 Å². The molecule has 4 atom stereocenters. The quantitative estimate of drug-likeness (QED) is 0.0756. The SMILES string of the molecule is CC(C)=CC[C@@]12Oc3cc(O)ccc3[C@]1(O)Oc1cc(OC(=O)c3ccc(O)cc3O)c(C3=C[C@]4(C)C[C@@H](C3)c3ccc(O)cc3O4)c(O)c1C2=O. The normalized spacial score (nSPS) is 24.8. The molecule has 0 fully saturated rings. The van der Waals surface area contributed by atoms with Crippen molar-refractivity contribution in [3.8, 4) is 51.7 Å². The van der Waals surface area contributed by atoms with Crippen LogP contribution in [0.3, 0.4) is 0 Å². The summed E-state index contributed by atoms with van der Waals surface area (Å²) < 4.78 is 24.7. The van der Waals surface area contributed by atoms with Gasteiger partial charge in [0.15, 0.2) is 0 Å². The molecule has 0 saturated carbocycles. The van der Waals surface area contributed by atoms with Gasteiger partial charge in [-0.15, -0.1) is 0 Å². The number of hydrogen-bond acceptors (Lipinski definition) is 12. The minimum absolute atomic E-state index is 0.00225. The van der Waals surface area contributed by atoms with Crippen LogP contribution < -0.4 is 18.9 Å². The molecule has 8 rings (SSSR count). The molecular weight excluding hydrogens is 672 g/mol. The maximum Gasteiger partial charge on any atom is 0.347 e. The number of fused-ring (bicyclic) bond motifs is 8. The lowest BCUT2D eigenvalue weighted by Gasteiger charge is -2.44. The second kappa shape index (κ2) is 11.2. The second-order valence-electron chi connectivity index (χ2n) is 14.1. The van der Waals surface area contributed by atoms with Crippen LogP contribution in [-0.4, -0.2) is 53.6 Å². The molecule has 0 saturated heterocycles. The van der Waals surface area contributed by atoms with Crippen LogP contribution in [0.25, 0.3) is 5.57 Å². The molecule has 3 heterocycles. The van der Waals surface area contributed by atoms with E-state index in [1.165, 1.54) is 42.5 Å². The highest BCUT2D eigenvalue weighted by Gasteiger charge is 2.70. The monoisotopic (exact) mass is 706 g/mol. The minimum atomic E-state index is -2.45. The average Bonchev–Trinajstić information content (AvgIpc) is 3.30. The molecule has 12 nitrogen and oxygen atoms in total. The van der Waals surface area contributed by atoms with Crippen LogP contribution in [-0.2, 0) is 5.79 Å². The Balaban J connectivity index is 1.33. The number of allylic oxidation sites excluding steroid dienone is 2. The Bertz CT molecular complexity index is 2300. The topological polar surface area (TPSA) is 192 Å². The molecule has 4 aromatic rings. The molecule has 6 N–H and O–H groups in total. The Kier molecular flexibility index (Phi) is 7.10. The van der Waals surface area contributed by atoms with Gasteiger partial charge in [-0.3, -0.25) is 4.79 Å². The summed E-state index contributed by atoms with van der Waals surface area (Å²) in [6.07, 6.45) is 4.13. The standard InChI is InChI=1S/C40H34O12/c1-19(2)10-11-39-36(46)34-32(52-40(39,48)27-9-6-24(43)15-30(27)51-39)16-31(49-37(47)26-8-5-22(41)13-28(26)44)33(35(34)45)21-12-20-17-38(3,18-21)50-29-14-23(42)4-7-25(20)29/h4-10,13-16,18,20,41-45,48H,11-12,17H2,1-3H3/t20-,38+,39+,40+/m1/s1. The largest absolute Gasteiger partial charge is 0.508 e. The zero-order valence-electron chi connectivity index (χ0n) is 28.3. The van der Waals surface area contributed by atoms with Gasteiger partial charge in [-0.05, 0) is 87.1 Å². The molecule has 4 aliphatic rings. The van der Waals surface area contributed by atoms with Gasteiger partial charge in [0.1, 0.15) is 68.5 Å². The summed E-state index contributed by atoms with van der Waals surface area (Å²) in [6, 6.07) is 13.3. The maximum absolute atomic E-state index is 14.9. The summed E-state index contributed by atoms with van der Waals surface area (Å²) in [5, 5.41) is 65.3. The third-order valence-electron chi connectivity index (χ3n) is 10.1. The number of hydrogen-bond donors (Lipinski definition) is 6. The molecule has 0 amide bonds. The minimum Gasteiger partial charge on any atom is -0.508 e. The molecule has 1 aliphatic carbocycles. The fraction of sp³-hybridized carbons (Fsp3) is 0.250. The summed E-state index contributed by atoms with van der Waals surface area (Å²) >= 11 is 0. The second-order valence-corrected chi connectivity index (χ2v) is 14.1. The third-order valence-corrected chi connectivity index (χ3v) is 10.1. The number of benzene rings is 4. The van der Waals surface area contributed by atoms with Crippen molar-refractivity contribution in [2.75, 3.05) is 0 Å². The fourth-order valence-corrected chi connectivity index (χ4v) is 7.81. The van der Waals surface area contributed by atoms with Crippen LogP contribution in [0.15, 0.2) is 78.4 Å². The van der Waals surface area contributed by atoms with Crippen molar-refractivity contribution in [2.45, 2.75) is 62.9 Å². The van der Waals surface area contributed by atoms with Crippen molar-refractivity contribution < 1.29 is 59.2 Å². The van der Waals surface area contributed by atoms with E-state index in [2.05, 4.69) is 0 Å². The number of Topliss-reactive ketones (excluding diaryl/α,β-unsaturated/α-hetero) is 1. The highest BCUT2D eigenvalue weighted by Crippen LogP contribution is 2.60. The Labute approximate surface area is 297 Å². The summed E-state index contributed by atoms with van der Waals surface area (Å²) in [5.41, 5.74) is -1.59. The van der Waals surface area contributed by atoms with Crippen LogP contribution in [0.2, 0.25) is 0 Å². The predicted molar refractivity (Wildman–Crippen MR) is 184 cm³/mol. The number of esters is 1. The van der Waals surface area contributed by atoms with E-state index in [-0.39, 0.29) is 69.1 Å². The molecule has 0 unspecified atom stereocenters. The van der Waals surface area contributed by atoms with Crippen molar-refractivity contribution in [1.29, 1.82) is 0 Å². The van der Waals surface area contributed by atoms with Crippen molar-refractivity contribution in [3.63, 3.8) is 0 Å². The number of rotatable bonds is 5. The number of phenolic OH excluding ortho intramolecular Hbond substituents is 5. The van der Waals surface area contributed by atoms with Gasteiger partial charge < -0.3 is 49.6 Å². The molecule has 266 valence electrons. The van der Waals surface area contributed by atoms with Crippen LogP contribution >= 0.6 is 0 Å². The van der Waals surface area contributed by atoms with Crippen LogP contribution in [0.1, 0.15) is 83.4 Å². The van der Waals surface area contributed by atoms with Gasteiger partial charge in [-0.1, -0.05) is 17.7 Å². The van der Waals surface area contributed by atoms with E-state index < -0.39 is 40.2 Å². The lowest BCUT2D eigenvalue weighted by Crippen LogP contribution is -2.62. The number of carbonyl (C=O) groups excluding carboxylic acids is 2. The van der Waals surface area contributed by atoms with Gasteiger partial charge >= 0.3 is 5.97 Å². The van der Waals surface area contributed by atoms with E-state index in [0.29, 0.717) is 24.2 Å². The van der Waals surface area contributed by atoms with E-state index >= 15 is 0 Å². The third kappa shape index (κ3) is 4.85. The molecule has 0 aromatic heterocycles. The van der Waals surface area contributed by atoms with E-state index in [1.807, 2.05) is 20.8 Å². The van der Waals surface area contributed by atoms with Gasteiger partial charge in [0.05, 0.1) is 11.1 Å². The Morgan fingerprint density at radius 2 is 1.56 bits per heavy atom. The molecule has 0 spiro atoms. The zero-order chi connectivity index (χ0) is 36.9. The first kappa shape index (κ1) is 33.0. The van der Waals surface area contributed by atoms with E-state index in [1.54, 1.807) is 24.3 Å². The number of phenols is 5. The highest BCUT2D eigenvalue weighted by atomic mass is 16.7. The van der Waals surface area contributed by atoms with Crippen molar-refractivity contribution in [2.24, 2.45) is 0 Å². The molecule has 2 bridgehead atoms. The number of aliphatic hydroxyl groups is 1. The van der Waals surface area contributed by atoms with Crippen molar-refractivity contribution >= 4 is 17.3 Å². The Morgan fingerprint density at radius 1 is 0.865 bits per heavy atom. The average molecular weight is 707 g/mol. The van der Waals surface area contributed by atoms with Crippen LogP contribution in [0.4, 0.5) is 0 Å². The molecule has 4 aromatic carbocycles. The lowest BCUT2D eigenvalue weighted by atomic mass is 9.72. The van der Waals surface area contributed by atoms with E-state index in [9.17, 15) is 40.2 Å². The van der Waals surface area contributed by atoms with Crippen molar-refractivity contribution in [1.82, 2.24) is 0 Å². The maximum atomic E-state index is 14.9. The molecule has 12 heteroatoms. The summed E-state index contributed by atoms with van der Waals surface area (Å²) in [7, 11) is 0. The van der Waals surface area contributed by atoms with Crippen molar-refractivity contribution in [3.05, 3.63) is 106 Å². The van der Waals surface area contributed by atoms with E-state index in [0.717, 1.165) is 17.2 Å². The van der Waals surface area contributed by atoms with Crippen LogP contribution in [0.5, 0.6) is 51.7 Å². The molecular formula is C40H34O12. The lowest BCUT2D eigenvalue weighted by molar-refractivity contribution is -0.221. The number of carbonyl (C=O) groups is 2. The first-order valence-electron chi connectivity index (χ1n) is 16.6. The first-order valence-corrected chi connectivity index (χ1v) is 16.6. The summed E-state index contributed by atoms with van der Waals surface area (Å²) in [5.74, 6) is -6.16. The molecule has 52 heavy (non-hydrogen) atoms. The fourth-order valence-electron chi connectivity index (χ4n) is 7.81. The number of aromatic hydroxyl groups is 5. The molecule has 0 radical (unpaired) electrons. The predicted octanol–water partition coefficient (Wildman–Crippen LogP) is 6.45. The first-order chi connectivity index (χ1) is 24.6. The number of ether oxygens (including phenoxy) is 4. The summed E-state index contributed by atoms with van der Waals surface area (Å²) in [4.78, 5) is 28.5. The van der Waals surface area contributed by atoms with Gasteiger partial charge in [-0.25, -0.2) is 4.79 Å². The van der Waals surface area contributed by atoms with Gasteiger partial charge in [0.2, 0.25) is 11.4 Å². The Morgan fingerprint density at radius 3 is 2.29 bits per heavy atom. The van der Waals surface area contributed by atoms with Gasteiger partial charge in [-0.2, -0.15) is 0 Å². The molecule has 3 aliphatic heterocycles. The zero-order valence-corrected chi connectivity index (χ0v) is 28.3. The smallest absolute Gasteiger partial charge is 0.347 e. The number of ketones is 1. The van der Waals surface area contributed by atoms with Gasteiger partial charge in [0, 0.05) is 30.7 Å². The Hall–Kier alpha value is -6.14. The summed E-state index contributed by atoms with van der Waals surface area (Å²) in [6.45, 7) is 5.45. The van der Waals surface area contributed by atoms with Gasteiger partial charge in [0.25, 0.3) is 5.79 Å². The van der Waals surface area contributed by atoms with Crippen LogP contribution in [0, 0.1) is 0 Å².